The summed E-state index contributed by atoms with van der Waals surface area (Å²) in [5.74, 6) is -0.573. The van der Waals surface area contributed by atoms with Crippen molar-refractivity contribution >= 4 is 11.8 Å². The van der Waals surface area contributed by atoms with E-state index in [2.05, 4.69) is 10.3 Å². The second-order valence-electron chi connectivity index (χ2n) is 4.88. The smallest absolute Gasteiger partial charge is 0.337 e. The molecule has 0 saturated carbocycles. The lowest BCUT2D eigenvalue weighted by molar-refractivity contribution is 0.0695. The lowest BCUT2D eigenvalue weighted by Gasteiger charge is -2.09. The first-order valence-electron chi connectivity index (χ1n) is 6.67. The first-order valence-corrected chi connectivity index (χ1v) is 6.67. The van der Waals surface area contributed by atoms with Crippen LogP contribution in [-0.4, -0.2) is 22.6 Å². The van der Waals surface area contributed by atoms with Crippen LogP contribution >= 0.6 is 0 Å². The highest BCUT2D eigenvalue weighted by Crippen LogP contribution is 2.13. The molecule has 0 bridgehead atoms. The number of carboxylic acids is 1. The van der Waals surface area contributed by atoms with Crippen LogP contribution in [0.4, 0.5) is 10.2 Å². The maximum atomic E-state index is 13.0. The molecule has 5 heteroatoms. The van der Waals surface area contributed by atoms with Gasteiger partial charge >= 0.3 is 5.97 Å². The molecule has 2 N–H and O–H groups in total. The van der Waals surface area contributed by atoms with E-state index < -0.39 is 5.97 Å². The lowest BCUT2D eigenvalue weighted by atomic mass is 10.1. The molecule has 0 unspecified atom stereocenters. The molecular weight excluding hydrogens is 271 g/mol. The lowest BCUT2D eigenvalue weighted by Crippen LogP contribution is -2.09. The molecule has 0 saturated heterocycles. The number of benzene rings is 1. The minimum atomic E-state index is -0.978. The van der Waals surface area contributed by atoms with Gasteiger partial charge in [0.05, 0.1) is 11.3 Å². The van der Waals surface area contributed by atoms with Gasteiger partial charge < -0.3 is 10.4 Å². The molecule has 110 valence electrons. The molecule has 0 spiro atoms. The number of halogens is 1. The molecule has 21 heavy (non-hydrogen) atoms. The zero-order valence-corrected chi connectivity index (χ0v) is 12.0. The number of rotatable bonds is 5. The van der Waals surface area contributed by atoms with Crippen molar-refractivity contribution in [1.29, 1.82) is 0 Å². The summed E-state index contributed by atoms with van der Waals surface area (Å²) < 4.78 is 13.0. The van der Waals surface area contributed by atoms with Crippen molar-refractivity contribution in [3.63, 3.8) is 0 Å². The van der Waals surface area contributed by atoms with Crippen LogP contribution in [0.1, 0.15) is 27.2 Å². The third-order valence-corrected chi connectivity index (χ3v) is 3.32. The highest BCUT2D eigenvalue weighted by Gasteiger charge is 2.08. The number of anilines is 1. The predicted molar refractivity (Wildman–Crippen MR) is 79.3 cm³/mol. The number of aromatic carboxylic acids is 1. The Bertz CT molecular complexity index is 671. The minimum absolute atomic E-state index is 0.204. The average Bonchev–Trinajstić information content (AvgIpc) is 2.41. The molecule has 0 radical (unpaired) electrons. The number of nitrogens with zero attached hydrogens (tertiary/aromatic N) is 1. The second-order valence-corrected chi connectivity index (χ2v) is 4.88. The van der Waals surface area contributed by atoms with Crippen molar-refractivity contribution in [1.82, 2.24) is 4.98 Å². The van der Waals surface area contributed by atoms with E-state index in [0.29, 0.717) is 18.1 Å². The molecule has 2 rings (SSSR count). The molecule has 4 nitrogen and oxygen atoms in total. The molecule has 1 aromatic heterocycles. The number of pyridine rings is 1. The van der Waals surface area contributed by atoms with E-state index >= 15 is 0 Å². The fourth-order valence-electron chi connectivity index (χ4n) is 2.15. The Hall–Kier alpha value is -2.43. The number of carbonyl (C=O) groups is 1. The van der Waals surface area contributed by atoms with Gasteiger partial charge in [-0.2, -0.15) is 0 Å². The van der Waals surface area contributed by atoms with Crippen LogP contribution in [0.15, 0.2) is 30.3 Å². The molecular formula is C16H17FN2O2. The number of hydrogen-bond acceptors (Lipinski definition) is 3. The van der Waals surface area contributed by atoms with Crippen LogP contribution in [-0.2, 0) is 6.42 Å². The van der Waals surface area contributed by atoms with Gasteiger partial charge in [0, 0.05) is 6.54 Å². The van der Waals surface area contributed by atoms with Gasteiger partial charge in [0.1, 0.15) is 11.6 Å². The van der Waals surface area contributed by atoms with Gasteiger partial charge in [0.15, 0.2) is 0 Å². The highest BCUT2D eigenvalue weighted by atomic mass is 19.1. The van der Waals surface area contributed by atoms with E-state index in [9.17, 15) is 9.18 Å². The number of hydrogen-bond donors (Lipinski definition) is 2. The van der Waals surface area contributed by atoms with E-state index in [1.54, 1.807) is 19.1 Å². The molecule has 0 fully saturated rings. The Morgan fingerprint density at radius 2 is 2.05 bits per heavy atom. The van der Waals surface area contributed by atoms with Crippen LogP contribution in [0.5, 0.6) is 0 Å². The standard InChI is InChI=1S/C16H17FN2O2/c1-10-9-13(17)4-3-12(10)7-8-18-15-6-5-14(16(20)21)11(2)19-15/h3-6,9H,7-8H2,1-2H3,(H,18,19)(H,20,21). The molecule has 0 aliphatic rings. The minimum Gasteiger partial charge on any atom is -0.478 e. The van der Waals surface area contributed by atoms with Crippen LogP contribution in [0.3, 0.4) is 0 Å². The Morgan fingerprint density at radius 3 is 2.67 bits per heavy atom. The molecule has 0 amide bonds. The number of nitrogens with one attached hydrogen (secondary N) is 1. The number of aryl methyl sites for hydroxylation is 2. The van der Waals surface area contributed by atoms with Crippen molar-refractivity contribution in [3.05, 3.63) is 58.5 Å². The van der Waals surface area contributed by atoms with Crippen molar-refractivity contribution in [2.24, 2.45) is 0 Å². The summed E-state index contributed by atoms with van der Waals surface area (Å²) in [4.78, 5) is 15.1. The summed E-state index contributed by atoms with van der Waals surface area (Å²) >= 11 is 0. The average molecular weight is 288 g/mol. The first kappa shape index (κ1) is 15.0. The van der Waals surface area contributed by atoms with E-state index in [1.807, 2.05) is 6.92 Å². The van der Waals surface area contributed by atoms with Crippen molar-refractivity contribution in [2.45, 2.75) is 20.3 Å². The summed E-state index contributed by atoms with van der Waals surface area (Å²) in [5.41, 5.74) is 2.67. The quantitative estimate of drug-likeness (QED) is 0.887. The molecule has 1 heterocycles. The third-order valence-electron chi connectivity index (χ3n) is 3.32. The number of aromatic nitrogens is 1. The Kier molecular flexibility index (Phi) is 4.52. The van der Waals surface area contributed by atoms with Crippen molar-refractivity contribution in [2.75, 3.05) is 11.9 Å². The van der Waals surface area contributed by atoms with Gasteiger partial charge in [0.2, 0.25) is 0 Å². The second kappa shape index (κ2) is 6.35. The summed E-state index contributed by atoms with van der Waals surface area (Å²) in [6.07, 6.45) is 0.744. The Balaban J connectivity index is 1.97. The number of carboxylic acid groups (broad SMARTS) is 1. The van der Waals surface area contributed by atoms with Gasteiger partial charge in [-0.25, -0.2) is 14.2 Å². The fourth-order valence-corrected chi connectivity index (χ4v) is 2.15. The van der Waals surface area contributed by atoms with Gasteiger partial charge in [-0.15, -0.1) is 0 Å². The van der Waals surface area contributed by atoms with Crippen molar-refractivity contribution < 1.29 is 14.3 Å². The van der Waals surface area contributed by atoms with Crippen LogP contribution in [0.25, 0.3) is 0 Å². The third kappa shape index (κ3) is 3.78. The monoisotopic (exact) mass is 288 g/mol. The van der Waals surface area contributed by atoms with Crippen molar-refractivity contribution in [3.8, 4) is 0 Å². The van der Waals surface area contributed by atoms with Crippen LogP contribution in [0, 0.1) is 19.7 Å². The normalized spacial score (nSPS) is 10.4. The summed E-state index contributed by atoms with van der Waals surface area (Å²) in [6.45, 7) is 4.19. The van der Waals surface area contributed by atoms with Gasteiger partial charge in [-0.1, -0.05) is 6.07 Å². The van der Waals surface area contributed by atoms with Gasteiger partial charge in [-0.05, 0) is 55.7 Å². The zero-order valence-electron chi connectivity index (χ0n) is 12.0. The molecule has 0 atom stereocenters. The van der Waals surface area contributed by atoms with E-state index in [1.165, 1.54) is 18.2 Å². The largest absolute Gasteiger partial charge is 0.478 e. The zero-order chi connectivity index (χ0) is 15.4. The summed E-state index contributed by atoms with van der Waals surface area (Å²) in [5, 5.41) is 12.1. The van der Waals surface area contributed by atoms with Gasteiger partial charge in [-0.3, -0.25) is 0 Å². The molecule has 2 aromatic rings. The predicted octanol–water partition coefficient (Wildman–Crippen LogP) is 3.19. The van der Waals surface area contributed by atoms with Crippen LogP contribution in [0.2, 0.25) is 0 Å². The highest BCUT2D eigenvalue weighted by molar-refractivity contribution is 5.89. The van der Waals surface area contributed by atoms with E-state index in [0.717, 1.165) is 17.5 Å². The van der Waals surface area contributed by atoms with E-state index in [4.69, 9.17) is 5.11 Å². The van der Waals surface area contributed by atoms with E-state index in [-0.39, 0.29) is 11.4 Å². The summed E-state index contributed by atoms with van der Waals surface area (Å²) in [7, 11) is 0. The first-order chi connectivity index (χ1) is 9.97. The topological polar surface area (TPSA) is 62.2 Å². The molecule has 0 aliphatic carbocycles. The molecule has 1 aromatic carbocycles. The SMILES string of the molecule is Cc1cc(F)ccc1CCNc1ccc(C(=O)O)c(C)n1. The summed E-state index contributed by atoms with van der Waals surface area (Å²) in [6, 6.07) is 7.93. The Labute approximate surface area is 122 Å². The van der Waals surface area contributed by atoms with Crippen LogP contribution < -0.4 is 5.32 Å². The fraction of sp³-hybridized carbons (Fsp3) is 0.250. The van der Waals surface area contributed by atoms with Gasteiger partial charge in [0.25, 0.3) is 0 Å². The Morgan fingerprint density at radius 1 is 1.29 bits per heavy atom. The molecule has 0 aliphatic heterocycles. The maximum absolute atomic E-state index is 13.0. The maximum Gasteiger partial charge on any atom is 0.337 e.